The molecule has 0 saturated heterocycles. The average Bonchev–Trinajstić information content (AvgIpc) is 2.38. The average molecular weight is 292 g/mol. The van der Waals surface area contributed by atoms with E-state index >= 15 is 0 Å². The molecule has 0 amide bonds. The number of hydrogen-bond donors (Lipinski definition) is 2. The molecular weight excluding hydrogens is 264 g/mol. The van der Waals surface area contributed by atoms with Gasteiger partial charge in [-0.2, -0.15) is 0 Å². The number of aliphatic imine (C=N–C) groups is 1. The highest BCUT2D eigenvalue weighted by atomic mass is 16.6. The van der Waals surface area contributed by atoms with Crippen LogP contribution in [0.3, 0.4) is 0 Å². The molecule has 0 atom stereocenters. The Bertz CT molecular complexity index is 471. The van der Waals surface area contributed by atoms with Gasteiger partial charge in [0.25, 0.3) is 0 Å². The highest BCUT2D eigenvalue weighted by Gasteiger charge is 2.16. The van der Waals surface area contributed by atoms with E-state index in [4.69, 9.17) is 16.0 Å². The summed E-state index contributed by atoms with van der Waals surface area (Å²) in [6, 6.07) is 0. The summed E-state index contributed by atoms with van der Waals surface area (Å²) in [6.45, 7) is 13.8. The van der Waals surface area contributed by atoms with E-state index in [9.17, 15) is 0 Å². The van der Waals surface area contributed by atoms with Crippen LogP contribution in [0.15, 0.2) is 33.6 Å². The Morgan fingerprint density at radius 2 is 1.90 bits per heavy atom. The van der Waals surface area contributed by atoms with Crippen molar-refractivity contribution in [2.24, 2.45) is 27.7 Å². The van der Waals surface area contributed by atoms with Crippen LogP contribution in [0.5, 0.6) is 0 Å². The van der Waals surface area contributed by atoms with Crippen LogP contribution in [0.25, 0.3) is 0 Å². The summed E-state index contributed by atoms with van der Waals surface area (Å²) >= 11 is 0. The molecule has 0 aliphatic rings. The van der Waals surface area contributed by atoms with E-state index in [1.165, 1.54) is 7.11 Å². The van der Waals surface area contributed by atoms with Crippen LogP contribution in [0.2, 0.25) is 0 Å². The number of nitrogens with two attached hydrogens (primary N) is 1. The van der Waals surface area contributed by atoms with Crippen molar-refractivity contribution in [2.45, 2.75) is 41.0 Å². The molecule has 0 rings (SSSR count). The van der Waals surface area contributed by atoms with E-state index in [0.29, 0.717) is 23.7 Å². The van der Waals surface area contributed by atoms with Gasteiger partial charge >= 0.3 is 0 Å². The smallest absolute Gasteiger partial charge is 0.128 e. The van der Waals surface area contributed by atoms with Gasteiger partial charge in [-0.3, -0.25) is 5.41 Å². The first kappa shape index (κ1) is 19.1. The van der Waals surface area contributed by atoms with Crippen molar-refractivity contribution in [3.8, 4) is 0 Å². The fourth-order valence-electron chi connectivity index (χ4n) is 1.68. The summed E-state index contributed by atoms with van der Waals surface area (Å²) in [4.78, 5) is 8.98. The molecule has 21 heavy (non-hydrogen) atoms. The lowest BCUT2D eigenvalue weighted by atomic mass is 9.94. The monoisotopic (exact) mass is 292 g/mol. The second-order valence-electron chi connectivity index (χ2n) is 5.64. The predicted octanol–water partition coefficient (Wildman–Crippen LogP) is 3.53. The molecular formula is C16H28N4O. The molecule has 0 fully saturated rings. The Labute approximate surface area is 128 Å². The molecule has 5 heteroatoms. The van der Waals surface area contributed by atoms with Crippen molar-refractivity contribution in [3.05, 3.63) is 23.4 Å². The zero-order valence-electron chi connectivity index (χ0n) is 14.0. The lowest BCUT2D eigenvalue weighted by Gasteiger charge is -2.16. The van der Waals surface area contributed by atoms with Gasteiger partial charge in [0.2, 0.25) is 0 Å². The number of nitrogens with one attached hydrogen (secondary N) is 1. The first-order chi connectivity index (χ1) is 9.70. The van der Waals surface area contributed by atoms with Crippen molar-refractivity contribution in [2.75, 3.05) is 7.11 Å². The van der Waals surface area contributed by atoms with Crippen molar-refractivity contribution < 1.29 is 4.84 Å². The van der Waals surface area contributed by atoms with Gasteiger partial charge in [-0.05, 0) is 29.9 Å². The first-order valence-corrected chi connectivity index (χ1v) is 7.08. The van der Waals surface area contributed by atoms with Gasteiger partial charge in [0, 0.05) is 12.6 Å². The predicted molar refractivity (Wildman–Crippen MR) is 91.0 cm³/mol. The molecule has 0 spiro atoms. The highest BCUT2D eigenvalue weighted by Crippen LogP contribution is 2.20. The fraction of sp³-hybridized carbons (Fsp3) is 0.562. The van der Waals surface area contributed by atoms with Crippen molar-refractivity contribution >= 4 is 17.8 Å². The zero-order valence-corrected chi connectivity index (χ0v) is 14.0. The first-order valence-electron chi connectivity index (χ1n) is 7.08. The number of oxime groups is 1. The molecule has 0 heterocycles. The second kappa shape index (κ2) is 9.10. The van der Waals surface area contributed by atoms with Crippen LogP contribution in [0, 0.1) is 17.2 Å². The molecule has 5 nitrogen and oxygen atoms in total. The van der Waals surface area contributed by atoms with Crippen LogP contribution in [0.1, 0.15) is 41.0 Å². The number of rotatable bonds is 7. The van der Waals surface area contributed by atoms with E-state index in [0.717, 1.165) is 11.1 Å². The van der Waals surface area contributed by atoms with Crippen LogP contribution in [-0.4, -0.2) is 24.9 Å². The van der Waals surface area contributed by atoms with Gasteiger partial charge in [-0.15, -0.1) is 0 Å². The Balaban J connectivity index is 5.47. The summed E-state index contributed by atoms with van der Waals surface area (Å²) in [5.41, 5.74) is 8.90. The summed E-state index contributed by atoms with van der Waals surface area (Å²) in [5, 5.41) is 11.9. The lowest BCUT2D eigenvalue weighted by molar-refractivity contribution is 0.213. The summed E-state index contributed by atoms with van der Waals surface area (Å²) < 4.78 is 0. The van der Waals surface area contributed by atoms with Crippen LogP contribution >= 0.6 is 0 Å². The zero-order chi connectivity index (χ0) is 16.6. The minimum Gasteiger partial charge on any atom is -0.399 e. The van der Waals surface area contributed by atoms with E-state index in [-0.39, 0.29) is 11.8 Å². The molecule has 3 N–H and O–H groups in total. The van der Waals surface area contributed by atoms with E-state index < -0.39 is 0 Å². The van der Waals surface area contributed by atoms with Crippen molar-refractivity contribution in [3.63, 3.8) is 0 Å². The lowest BCUT2D eigenvalue weighted by Crippen LogP contribution is -2.19. The third kappa shape index (κ3) is 6.88. The van der Waals surface area contributed by atoms with Crippen molar-refractivity contribution in [1.82, 2.24) is 0 Å². The molecule has 0 bridgehead atoms. The second-order valence-corrected chi connectivity index (χ2v) is 5.64. The normalized spacial score (nSPS) is 13.8. The molecule has 0 aliphatic carbocycles. The summed E-state index contributed by atoms with van der Waals surface area (Å²) in [7, 11) is 1.47. The molecule has 0 radical (unpaired) electrons. The van der Waals surface area contributed by atoms with Gasteiger partial charge in [-0.1, -0.05) is 39.4 Å². The maximum atomic E-state index is 7.97. The number of amidine groups is 1. The topological polar surface area (TPSA) is 83.8 Å². The maximum Gasteiger partial charge on any atom is 0.128 e. The van der Waals surface area contributed by atoms with Gasteiger partial charge in [-0.25, -0.2) is 4.99 Å². The Hall–Kier alpha value is -1.91. The van der Waals surface area contributed by atoms with Crippen molar-refractivity contribution in [1.29, 1.82) is 5.41 Å². The molecule has 0 aromatic heterocycles. The molecule has 0 saturated carbocycles. The standard InChI is InChI=1S/C16H28N4O/c1-10(2)9-19-14(17)8-13(11(3)4)15(18)16(12(5)6)20-21-7/h9-11,17H,5,8,18H2,1-4,6-7H3/b15-13+,17-14?,19-9-,20-16+. The third-order valence-corrected chi connectivity index (χ3v) is 2.77. The number of nitrogens with zero attached hydrogens (tertiary/aromatic N) is 2. The minimum atomic E-state index is 0.181. The van der Waals surface area contributed by atoms with Crippen LogP contribution in [0.4, 0.5) is 0 Å². The van der Waals surface area contributed by atoms with Crippen LogP contribution < -0.4 is 5.73 Å². The van der Waals surface area contributed by atoms with E-state index in [2.05, 4.69) is 16.7 Å². The molecule has 0 aliphatic heterocycles. The Kier molecular flexibility index (Phi) is 8.28. The van der Waals surface area contributed by atoms with Crippen LogP contribution in [-0.2, 0) is 4.84 Å². The van der Waals surface area contributed by atoms with Gasteiger partial charge in [0.1, 0.15) is 18.7 Å². The van der Waals surface area contributed by atoms with Gasteiger partial charge in [0.05, 0.1) is 5.70 Å². The Morgan fingerprint density at radius 1 is 1.33 bits per heavy atom. The number of allylic oxidation sites excluding steroid dienone is 1. The minimum absolute atomic E-state index is 0.181. The van der Waals surface area contributed by atoms with Gasteiger partial charge < -0.3 is 10.6 Å². The van der Waals surface area contributed by atoms with Gasteiger partial charge in [0.15, 0.2) is 0 Å². The molecule has 118 valence electrons. The Morgan fingerprint density at radius 3 is 2.29 bits per heavy atom. The molecule has 0 aromatic rings. The maximum absolute atomic E-state index is 7.97. The SMILES string of the molecule is C=C(C)C(=N\OC)/C(N)=C(/CC(=N)/N=C\C(C)C)C(C)C. The quantitative estimate of drug-likeness (QED) is 0.427. The largest absolute Gasteiger partial charge is 0.399 e. The molecule has 0 unspecified atom stereocenters. The molecule has 0 aromatic carbocycles. The van der Waals surface area contributed by atoms with E-state index in [1.807, 2.05) is 34.6 Å². The fourth-order valence-corrected chi connectivity index (χ4v) is 1.68. The van der Waals surface area contributed by atoms with E-state index in [1.54, 1.807) is 6.21 Å². The summed E-state index contributed by atoms with van der Waals surface area (Å²) in [5.74, 6) is 0.782. The highest BCUT2D eigenvalue weighted by molar-refractivity contribution is 6.11. The third-order valence-electron chi connectivity index (χ3n) is 2.77. The number of hydrogen-bond acceptors (Lipinski definition) is 4. The summed E-state index contributed by atoms with van der Waals surface area (Å²) in [6.07, 6.45) is 2.15.